The molecule has 0 amide bonds. The number of anilines is 1. The number of hydrogen-bond donors (Lipinski definition) is 3. The van der Waals surface area contributed by atoms with Gasteiger partial charge in [0, 0.05) is 5.69 Å². The van der Waals surface area contributed by atoms with Crippen molar-refractivity contribution in [3.63, 3.8) is 0 Å². The monoisotopic (exact) mass is 306 g/mol. The molecule has 112 valence electrons. The fourth-order valence-electron chi connectivity index (χ4n) is 2.05. The number of nitrogens with two attached hydrogens (primary N) is 1. The van der Waals surface area contributed by atoms with Gasteiger partial charge < -0.3 is 10.8 Å². The van der Waals surface area contributed by atoms with E-state index in [1.165, 1.54) is 6.07 Å². The Morgan fingerprint density at radius 1 is 1.19 bits per heavy atom. The Morgan fingerprint density at radius 2 is 1.86 bits per heavy atom. The van der Waals surface area contributed by atoms with E-state index in [-0.39, 0.29) is 11.5 Å². The molecule has 21 heavy (non-hydrogen) atoms. The summed E-state index contributed by atoms with van der Waals surface area (Å²) in [6.45, 7) is 1.37. The van der Waals surface area contributed by atoms with Crippen molar-refractivity contribution in [3.8, 4) is 0 Å². The van der Waals surface area contributed by atoms with Crippen LogP contribution in [0.1, 0.15) is 17.2 Å². The van der Waals surface area contributed by atoms with Crippen molar-refractivity contribution in [2.45, 2.75) is 17.9 Å². The number of aryl methyl sites for hydroxylation is 1. The van der Waals surface area contributed by atoms with Crippen LogP contribution in [0.25, 0.3) is 0 Å². The molecule has 0 spiro atoms. The molecule has 0 aliphatic carbocycles. The molecule has 6 heteroatoms. The number of benzene rings is 2. The first-order valence-corrected chi connectivity index (χ1v) is 7.96. The lowest BCUT2D eigenvalue weighted by Crippen LogP contribution is -2.31. The van der Waals surface area contributed by atoms with Gasteiger partial charge in [-0.15, -0.1) is 0 Å². The van der Waals surface area contributed by atoms with Gasteiger partial charge in [0.05, 0.1) is 17.5 Å². The maximum atomic E-state index is 12.5. The SMILES string of the molecule is Cc1ccc(N)cc1S(=O)(=O)NC(CO)c1ccccc1. The third-order valence-corrected chi connectivity index (χ3v) is 4.80. The second-order valence-electron chi connectivity index (χ2n) is 4.79. The van der Waals surface area contributed by atoms with Crippen LogP contribution in [0.15, 0.2) is 53.4 Å². The highest BCUT2D eigenvalue weighted by Crippen LogP contribution is 2.21. The predicted octanol–water partition coefficient (Wildman–Crippen LogP) is 1.59. The van der Waals surface area contributed by atoms with Crippen LogP contribution in [0.3, 0.4) is 0 Å². The molecular weight excluding hydrogens is 288 g/mol. The smallest absolute Gasteiger partial charge is 0.241 e. The van der Waals surface area contributed by atoms with Crippen molar-refractivity contribution in [2.24, 2.45) is 0 Å². The molecule has 2 rings (SSSR count). The van der Waals surface area contributed by atoms with E-state index in [9.17, 15) is 13.5 Å². The normalized spacial score (nSPS) is 13.0. The van der Waals surface area contributed by atoms with E-state index >= 15 is 0 Å². The minimum absolute atomic E-state index is 0.122. The molecule has 1 unspecified atom stereocenters. The summed E-state index contributed by atoms with van der Waals surface area (Å²) in [6.07, 6.45) is 0. The summed E-state index contributed by atoms with van der Waals surface area (Å²) in [7, 11) is -3.76. The molecular formula is C15H18N2O3S. The zero-order chi connectivity index (χ0) is 15.5. The first-order valence-electron chi connectivity index (χ1n) is 6.48. The number of nitrogen functional groups attached to an aromatic ring is 1. The fourth-order valence-corrected chi connectivity index (χ4v) is 3.55. The molecule has 0 saturated carbocycles. The summed E-state index contributed by atoms with van der Waals surface area (Å²) in [5.41, 5.74) is 7.33. The van der Waals surface area contributed by atoms with Crippen molar-refractivity contribution in [1.82, 2.24) is 4.72 Å². The highest BCUT2D eigenvalue weighted by Gasteiger charge is 2.22. The van der Waals surface area contributed by atoms with Crippen LogP contribution in [0.2, 0.25) is 0 Å². The minimum Gasteiger partial charge on any atom is -0.399 e. The third kappa shape index (κ3) is 3.60. The molecule has 4 N–H and O–H groups in total. The van der Waals surface area contributed by atoms with E-state index in [1.807, 2.05) is 6.07 Å². The van der Waals surface area contributed by atoms with Gasteiger partial charge in [-0.3, -0.25) is 0 Å². The van der Waals surface area contributed by atoms with Gasteiger partial charge in [-0.1, -0.05) is 36.4 Å². The minimum atomic E-state index is -3.76. The standard InChI is InChI=1S/C15H18N2O3S/c1-11-7-8-13(16)9-15(11)21(19,20)17-14(10-18)12-5-3-2-4-6-12/h2-9,14,17-18H,10,16H2,1H3. The zero-order valence-electron chi connectivity index (χ0n) is 11.7. The first kappa shape index (κ1) is 15.5. The lowest BCUT2D eigenvalue weighted by atomic mass is 10.1. The van der Waals surface area contributed by atoms with Crippen molar-refractivity contribution in [3.05, 3.63) is 59.7 Å². The second kappa shape index (κ2) is 6.26. The van der Waals surface area contributed by atoms with E-state index in [4.69, 9.17) is 5.73 Å². The van der Waals surface area contributed by atoms with Gasteiger partial charge in [-0.05, 0) is 30.2 Å². The molecule has 0 radical (unpaired) electrons. The van der Waals surface area contributed by atoms with E-state index in [0.29, 0.717) is 16.8 Å². The molecule has 0 aliphatic rings. The molecule has 0 heterocycles. The van der Waals surface area contributed by atoms with Gasteiger partial charge in [0.2, 0.25) is 10.0 Å². The van der Waals surface area contributed by atoms with Crippen LogP contribution >= 0.6 is 0 Å². The molecule has 0 saturated heterocycles. The van der Waals surface area contributed by atoms with Crippen LogP contribution < -0.4 is 10.5 Å². The van der Waals surface area contributed by atoms with Gasteiger partial charge in [0.25, 0.3) is 0 Å². The van der Waals surface area contributed by atoms with Crippen LogP contribution in [-0.2, 0) is 10.0 Å². The lowest BCUT2D eigenvalue weighted by Gasteiger charge is -2.18. The highest BCUT2D eigenvalue weighted by molar-refractivity contribution is 7.89. The zero-order valence-corrected chi connectivity index (χ0v) is 12.5. The van der Waals surface area contributed by atoms with Crippen LogP contribution in [0.5, 0.6) is 0 Å². The molecule has 0 aliphatic heterocycles. The average molecular weight is 306 g/mol. The van der Waals surface area contributed by atoms with Crippen molar-refractivity contribution in [2.75, 3.05) is 12.3 Å². The Labute approximate surface area is 124 Å². The summed E-state index contributed by atoms with van der Waals surface area (Å²) in [5, 5.41) is 9.46. The van der Waals surface area contributed by atoms with E-state index in [2.05, 4.69) is 4.72 Å². The molecule has 0 fully saturated rings. The summed E-state index contributed by atoms with van der Waals surface area (Å²) in [6, 6.07) is 12.9. The molecule has 1 atom stereocenters. The molecule has 0 aromatic heterocycles. The fraction of sp³-hybridized carbons (Fsp3) is 0.200. The molecule has 5 nitrogen and oxygen atoms in total. The van der Waals surface area contributed by atoms with E-state index < -0.39 is 16.1 Å². The van der Waals surface area contributed by atoms with Crippen LogP contribution in [-0.4, -0.2) is 20.1 Å². The highest BCUT2D eigenvalue weighted by atomic mass is 32.2. The van der Waals surface area contributed by atoms with Gasteiger partial charge in [0.1, 0.15) is 0 Å². The Bertz CT molecular complexity index is 715. The molecule has 0 bridgehead atoms. The van der Waals surface area contributed by atoms with Gasteiger partial charge in [0.15, 0.2) is 0 Å². The van der Waals surface area contributed by atoms with Crippen molar-refractivity contribution < 1.29 is 13.5 Å². The lowest BCUT2D eigenvalue weighted by molar-refractivity contribution is 0.259. The summed E-state index contributed by atoms with van der Waals surface area (Å²) < 4.78 is 27.5. The third-order valence-electron chi connectivity index (χ3n) is 3.18. The molecule has 2 aromatic carbocycles. The first-order chi connectivity index (χ1) is 9.94. The Balaban J connectivity index is 2.34. The molecule has 2 aromatic rings. The maximum absolute atomic E-state index is 12.5. The number of aliphatic hydroxyl groups is 1. The van der Waals surface area contributed by atoms with E-state index in [1.54, 1.807) is 43.3 Å². The number of rotatable bonds is 5. The van der Waals surface area contributed by atoms with Crippen molar-refractivity contribution >= 4 is 15.7 Å². The Hall–Kier alpha value is -1.89. The summed E-state index contributed by atoms with van der Waals surface area (Å²) >= 11 is 0. The van der Waals surface area contributed by atoms with Crippen LogP contribution in [0.4, 0.5) is 5.69 Å². The number of aliphatic hydroxyl groups excluding tert-OH is 1. The van der Waals surface area contributed by atoms with E-state index in [0.717, 1.165) is 0 Å². The number of nitrogens with one attached hydrogen (secondary N) is 1. The largest absolute Gasteiger partial charge is 0.399 e. The quantitative estimate of drug-likeness (QED) is 0.731. The summed E-state index contributed by atoms with van der Waals surface area (Å²) in [5.74, 6) is 0. The Kier molecular flexibility index (Phi) is 4.62. The number of hydrogen-bond acceptors (Lipinski definition) is 4. The van der Waals surface area contributed by atoms with Gasteiger partial charge in [-0.25, -0.2) is 13.1 Å². The van der Waals surface area contributed by atoms with Gasteiger partial charge in [-0.2, -0.15) is 0 Å². The van der Waals surface area contributed by atoms with Gasteiger partial charge >= 0.3 is 0 Å². The second-order valence-corrected chi connectivity index (χ2v) is 6.47. The summed E-state index contributed by atoms with van der Waals surface area (Å²) in [4.78, 5) is 0.122. The predicted molar refractivity (Wildman–Crippen MR) is 82.2 cm³/mol. The topological polar surface area (TPSA) is 92.4 Å². The van der Waals surface area contributed by atoms with Crippen molar-refractivity contribution in [1.29, 1.82) is 0 Å². The Morgan fingerprint density at radius 3 is 2.48 bits per heavy atom. The maximum Gasteiger partial charge on any atom is 0.241 e. The average Bonchev–Trinajstić information content (AvgIpc) is 2.48. The van der Waals surface area contributed by atoms with Crippen LogP contribution in [0, 0.1) is 6.92 Å². The number of sulfonamides is 1.